The highest BCUT2D eigenvalue weighted by atomic mass is 19.4. The number of allylic oxidation sites excluding steroid dienone is 1. The summed E-state index contributed by atoms with van der Waals surface area (Å²) < 4.78 is 38.1. The molecule has 0 bridgehead atoms. The molecule has 0 aliphatic carbocycles. The van der Waals surface area contributed by atoms with Gasteiger partial charge in [-0.15, -0.1) is 0 Å². The Kier molecular flexibility index (Phi) is 5.02. The number of benzene rings is 2. The average molecular weight is 359 g/mol. The number of nitrogens with zero attached hydrogens (tertiary/aromatic N) is 1. The molecule has 0 saturated carbocycles. The number of fused-ring (bicyclic) bond motifs is 1. The van der Waals surface area contributed by atoms with Gasteiger partial charge in [0.2, 0.25) is 0 Å². The standard InChI is InChI=1S/C20H20F3N3/c21-20(22,23)18-6-3-14(4-7-18)13-26-9-1-2-16-10-15(5-8-19(16)26)17(11-24)12-25/h3-8,10-12,24H,1-2,9,13,25H2/b17-12+,24-11?. The van der Waals surface area contributed by atoms with Gasteiger partial charge in [0, 0.05) is 36.8 Å². The Labute approximate surface area is 150 Å². The van der Waals surface area contributed by atoms with Gasteiger partial charge in [0.25, 0.3) is 0 Å². The van der Waals surface area contributed by atoms with Crippen molar-refractivity contribution in [1.29, 1.82) is 5.41 Å². The van der Waals surface area contributed by atoms with E-state index < -0.39 is 11.7 Å². The summed E-state index contributed by atoms with van der Waals surface area (Å²) in [7, 11) is 0. The van der Waals surface area contributed by atoms with Crippen LogP contribution in [0.15, 0.2) is 48.7 Å². The van der Waals surface area contributed by atoms with Crippen molar-refractivity contribution in [2.24, 2.45) is 5.73 Å². The van der Waals surface area contributed by atoms with Gasteiger partial charge in [-0.25, -0.2) is 0 Å². The lowest BCUT2D eigenvalue weighted by atomic mass is 9.96. The summed E-state index contributed by atoms with van der Waals surface area (Å²) in [6, 6.07) is 11.3. The SMILES string of the molecule is N=C/C(=C\N)c1ccc2c(c1)CCCN2Cc1ccc(C(F)(F)F)cc1. The van der Waals surface area contributed by atoms with E-state index in [4.69, 9.17) is 11.1 Å². The third-order valence-corrected chi connectivity index (χ3v) is 4.62. The van der Waals surface area contributed by atoms with Crippen LogP contribution in [-0.2, 0) is 19.1 Å². The van der Waals surface area contributed by atoms with Gasteiger partial charge in [-0.05, 0) is 53.8 Å². The van der Waals surface area contributed by atoms with Crippen LogP contribution in [0.5, 0.6) is 0 Å². The molecule has 6 heteroatoms. The highest BCUT2D eigenvalue weighted by Crippen LogP contribution is 2.32. The first-order valence-corrected chi connectivity index (χ1v) is 8.39. The molecule has 0 amide bonds. The van der Waals surface area contributed by atoms with E-state index in [1.807, 2.05) is 18.2 Å². The summed E-state index contributed by atoms with van der Waals surface area (Å²) in [6.45, 7) is 1.42. The molecule has 26 heavy (non-hydrogen) atoms. The van der Waals surface area contributed by atoms with Crippen molar-refractivity contribution < 1.29 is 13.2 Å². The number of anilines is 1. The number of halogens is 3. The molecule has 1 heterocycles. The van der Waals surface area contributed by atoms with Gasteiger partial charge in [0.15, 0.2) is 0 Å². The average Bonchev–Trinajstić information content (AvgIpc) is 2.62. The second-order valence-electron chi connectivity index (χ2n) is 6.33. The second-order valence-corrected chi connectivity index (χ2v) is 6.33. The van der Waals surface area contributed by atoms with E-state index in [1.165, 1.54) is 30.1 Å². The first kappa shape index (κ1) is 18.0. The smallest absolute Gasteiger partial charge is 0.404 e. The van der Waals surface area contributed by atoms with Crippen LogP contribution >= 0.6 is 0 Å². The lowest BCUT2D eigenvalue weighted by molar-refractivity contribution is -0.137. The predicted molar refractivity (Wildman–Crippen MR) is 98.2 cm³/mol. The molecule has 1 aliphatic heterocycles. The van der Waals surface area contributed by atoms with Crippen LogP contribution in [0.2, 0.25) is 0 Å². The van der Waals surface area contributed by atoms with Gasteiger partial charge >= 0.3 is 6.18 Å². The van der Waals surface area contributed by atoms with Crippen molar-refractivity contribution in [3.63, 3.8) is 0 Å². The molecule has 0 saturated heterocycles. The number of hydrogen-bond donors (Lipinski definition) is 2. The minimum absolute atomic E-state index is 0.564. The molecular formula is C20H20F3N3. The molecule has 0 radical (unpaired) electrons. The Bertz CT molecular complexity index is 823. The van der Waals surface area contributed by atoms with Gasteiger partial charge < -0.3 is 16.0 Å². The number of hydrogen-bond acceptors (Lipinski definition) is 3. The maximum Gasteiger partial charge on any atom is 0.416 e. The molecule has 3 rings (SSSR count). The van der Waals surface area contributed by atoms with Crippen molar-refractivity contribution in [3.8, 4) is 0 Å². The molecular weight excluding hydrogens is 339 g/mol. The van der Waals surface area contributed by atoms with E-state index in [9.17, 15) is 13.2 Å². The molecule has 1 aliphatic rings. The zero-order valence-electron chi connectivity index (χ0n) is 14.2. The van der Waals surface area contributed by atoms with E-state index >= 15 is 0 Å². The largest absolute Gasteiger partial charge is 0.416 e. The monoisotopic (exact) mass is 359 g/mol. The number of nitrogens with two attached hydrogens (primary N) is 1. The summed E-state index contributed by atoms with van der Waals surface area (Å²) in [5, 5.41) is 7.42. The van der Waals surface area contributed by atoms with Crippen LogP contribution in [0, 0.1) is 5.41 Å². The number of alkyl halides is 3. The van der Waals surface area contributed by atoms with Crippen LogP contribution in [0.3, 0.4) is 0 Å². The second kappa shape index (κ2) is 7.23. The fourth-order valence-corrected chi connectivity index (χ4v) is 3.27. The third-order valence-electron chi connectivity index (χ3n) is 4.62. The lowest BCUT2D eigenvalue weighted by Crippen LogP contribution is -2.28. The van der Waals surface area contributed by atoms with E-state index in [0.29, 0.717) is 12.1 Å². The molecule has 0 atom stereocenters. The number of rotatable bonds is 4. The molecule has 0 aromatic heterocycles. The first-order valence-electron chi connectivity index (χ1n) is 8.39. The van der Waals surface area contributed by atoms with Gasteiger partial charge in [0.05, 0.1) is 5.56 Å². The van der Waals surface area contributed by atoms with Gasteiger partial charge in [0.1, 0.15) is 0 Å². The molecule has 0 fully saturated rings. The zero-order valence-corrected chi connectivity index (χ0v) is 14.2. The van der Waals surface area contributed by atoms with Crippen LogP contribution in [0.1, 0.15) is 28.7 Å². The van der Waals surface area contributed by atoms with Gasteiger partial charge in [-0.3, -0.25) is 0 Å². The van der Waals surface area contributed by atoms with Crippen molar-refractivity contribution in [3.05, 3.63) is 70.9 Å². The van der Waals surface area contributed by atoms with Crippen molar-refractivity contribution in [2.45, 2.75) is 25.6 Å². The van der Waals surface area contributed by atoms with E-state index in [-0.39, 0.29) is 0 Å². The maximum absolute atomic E-state index is 12.7. The number of nitrogens with one attached hydrogen (secondary N) is 1. The fraction of sp³-hybridized carbons (Fsp3) is 0.250. The minimum atomic E-state index is -4.31. The molecule has 0 spiro atoms. The van der Waals surface area contributed by atoms with Crippen molar-refractivity contribution >= 4 is 17.5 Å². The van der Waals surface area contributed by atoms with Crippen molar-refractivity contribution in [2.75, 3.05) is 11.4 Å². The highest BCUT2D eigenvalue weighted by molar-refractivity contribution is 6.08. The highest BCUT2D eigenvalue weighted by Gasteiger charge is 2.30. The summed E-state index contributed by atoms with van der Waals surface area (Å²) in [5.74, 6) is 0. The van der Waals surface area contributed by atoms with E-state index in [1.54, 1.807) is 0 Å². The maximum atomic E-state index is 12.7. The Morgan fingerprint density at radius 1 is 1.15 bits per heavy atom. The zero-order chi connectivity index (χ0) is 18.7. The fourth-order valence-electron chi connectivity index (χ4n) is 3.27. The summed E-state index contributed by atoms with van der Waals surface area (Å²) in [6.07, 6.45) is 0.240. The Morgan fingerprint density at radius 2 is 1.88 bits per heavy atom. The molecule has 3 nitrogen and oxygen atoms in total. The molecule has 2 aromatic carbocycles. The summed E-state index contributed by atoms with van der Waals surface area (Å²) >= 11 is 0. The lowest BCUT2D eigenvalue weighted by Gasteiger charge is -2.32. The topological polar surface area (TPSA) is 53.1 Å². The van der Waals surface area contributed by atoms with E-state index in [0.717, 1.165) is 48.3 Å². The van der Waals surface area contributed by atoms with Crippen LogP contribution in [-0.4, -0.2) is 12.8 Å². The molecule has 2 aromatic rings. The molecule has 136 valence electrons. The van der Waals surface area contributed by atoms with Crippen LogP contribution < -0.4 is 10.6 Å². The van der Waals surface area contributed by atoms with Gasteiger partial charge in [-0.1, -0.05) is 18.2 Å². The van der Waals surface area contributed by atoms with Crippen molar-refractivity contribution in [1.82, 2.24) is 0 Å². The normalized spacial score (nSPS) is 14.9. The Balaban J connectivity index is 1.82. The Hall–Kier alpha value is -2.76. The first-order chi connectivity index (χ1) is 12.4. The summed E-state index contributed by atoms with van der Waals surface area (Å²) in [5.41, 5.74) is 9.59. The predicted octanol–water partition coefficient (Wildman–Crippen LogP) is 4.61. The van der Waals surface area contributed by atoms with Crippen LogP contribution in [0.4, 0.5) is 18.9 Å². The Morgan fingerprint density at radius 3 is 2.50 bits per heavy atom. The van der Waals surface area contributed by atoms with E-state index in [2.05, 4.69) is 4.90 Å². The molecule has 0 unspecified atom stereocenters. The van der Waals surface area contributed by atoms with Crippen LogP contribution in [0.25, 0.3) is 5.57 Å². The quantitative estimate of drug-likeness (QED) is 0.784. The summed E-state index contributed by atoms with van der Waals surface area (Å²) in [4.78, 5) is 2.18. The minimum Gasteiger partial charge on any atom is -0.404 e. The van der Waals surface area contributed by atoms with Gasteiger partial charge in [-0.2, -0.15) is 13.2 Å². The number of aryl methyl sites for hydroxylation is 1. The third kappa shape index (κ3) is 3.74. The molecule has 3 N–H and O–H groups in total.